The van der Waals surface area contributed by atoms with Crippen LogP contribution in [0.15, 0.2) is 24.3 Å². The standard InChI is InChI=1S/C25H40O/c1-3-5-7-8-20-9-11-21(12-10-20)22-13-14-24-19-25(26-17-6-4-2)16-15-23(24)18-22/h9-12,22-25H,3-8,13-19H2,1-2H3/t22-,23-,24+,25+/m1/s1. The van der Waals surface area contributed by atoms with Gasteiger partial charge in [-0.2, -0.15) is 0 Å². The van der Waals surface area contributed by atoms with Gasteiger partial charge < -0.3 is 4.74 Å². The first-order valence-corrected chi connectivity index (χ1v) is 11.5. The van der Waals surface area contributed by atoms with Crippen molar-refractivity contribution in [1.82, 2.24) is 0 Å². The Bertz CT molecular complexity index is 505. The fourth-order valence-corrected chi connectivity index (χ4v) is 5.23. The summed E-state index contributed by atoms with van der Waals surface area (Å²) in [5.74, 6) is 2.68. The highest BCUT2D eigenvalue weighted by molar-refractivity contribution is 5.26. The van der Waals surface area contributed by atoms with Gasteiger partial charge in [-0.25, -0.2) is 0 Å². The van der Waals surface area contributed by atoms with Gasteiger partial charge in [0.05, 0.1) is 6.10 Å². The molecule has 1 aromatic carbocycles. The molecular weight excluding hydrogens is 316 g/mol. The van der Waals surface area contributed by atoms with E-state index in [1.807, 2.05) is 0 Å². The Morgan fingerprint density at radius 1 is 0.808 bits per heavy atom. The third kappa shape index (κ3) is 5.59. The van der Waals surface area contributed by atoms with E-state index in [4.69, 9.17) is 4.74 Å². The molecule has 1 heteroatoms. The minimum atomic E-state index is 0.557. The summed E-state index contributed by atoms with van der Waals surface area (Å²) in [6.07, 6.45) is 16.5. The predicted octanol–water partition coefficient (Wildman–Crippen LogP) is 7.29. The molecule has 2 fully saturated rings. The van der Waals surface area contributed by atoms with E-state index < -0.39 is 0 Å². The van der Waals surface area contributed by atoms with Gasteiger partial charge in [-0.1, -0.05) is 57.4 Å². The molecule has 0 saturated heterocycles. The first kappa shape index (κ1) is 19.9. The van der Waals surface area contributed by atoms with Crippen molar-refractivity contribution >= 4 is 0 Å². The van der Waals surface area contributed by atoms with Crippen LogP contribution in [0.2, 0.25) is 0 Å². The number of hydrogen-bond donors (Lipinski definition) is 0. The monoisotopic (exact) mass is 356 g/mol. The predicted molar refractivity (Wildman–Crippen MR) is 112 cm³/mol. The molecule has 0 heterocycles. The Kier molecular flexibility index (Phi) is 8.05. The van der Waals surface area contributed by atoms with Crippen molar-refractivity contribution in [2.75, 3.05) is 6.61 Å². The summed E-state index contributed by atoms with van der Waals surface area (Å²) in [6.45, 7) is 5.51. The molecule has 3 rings (SSSR count). The maximum Gasteiger partial charge on any atom is 0.0578 e. The zero-order valence-electron chi connectivity index (χ0n) is 17.2. The van der Waals surface area contributed by atoms with Crippen molar-refractivity contribution in [3.8, 4) is 0 Å². The van der Waals surface area contributed by atoms with Crippen LogP contribution in [0.25, 0.3) is 0 Å². The minimum absolute atomic E-state index is 0.557. The fraction of sp³-hybridized carbons (Fsp3) is 0.760. The lowest BCUT2D eigenvalue weighted by Gasteiger charge is -2.42. The molecule has 2 aliphatic rings. The summed E-state index contributed by atoms with van der Waals surface area (Å²) in [4.78, 5) is 0. The van der Waals surface area contributed by atoms with Crippen LogP contribution in [-0.4, -0.2) is 12.7 Å². The molecule has 0 unspecified atom stereocenters. The van der Waals surface area contributed by atoms with Crippen LogP contribution in [-0.2, 0) is 11.2 Å². The van der Waals surface area contributed by atoms with E-state index in [0.717, 1.165) is 24.4 Å². The van der Waals surface area contributed by atoms with E-state index in [1.54, 1.807) is 5.56 Å². The Hall–Kier alpha value is -0.820. The average Bonchev–Trinajstić information content (AvgIpc) is 2.68. The maximum atomic E-state index is 6.14. The molecule has 1 aromatic rings. The molecule has 0 aliphatic heterocycles. The van der Waals surface area contributed by atoms with Crippen molar-refractivity contribution in [3.63, 3.8) is 0 Å². The number of hydrogen-bond acceptors (Lipinski definition) is 1. The van der Waals surface area contributed by atoms with Gasteiger partial charge in [0.1, 0.15) is 0 Å². The number of unbranched alkanes of at least 4 members (excludes halogenated alkanes) is 3. The molecule has 4 atom stereocenters. The second kappa shape index (κ2) is 10.5. The van der Waals surface area contributed by atoms with Gasteiger partial charge in [-0.15, -0.1) is 0 Å². The van der Waals surface area contributed by atoms with Crippen LogP contribution < -0.4 is 0 Å². The van der Waals surface area contributed by atoms with Crippen LogP contribution in [0.5, 0.6) is 0 Å². The first-order valence-electron chi connectivity index (χ1n) is 11.5. The van der Waals surface area contributed by atoms with Crippen LogP contribution in [0, 0.1) is 11.8 Å². The Labute approximate surface area is 161 Å². The molecule has 146 valence electrons. The van der Waals surface area contributed by atoms with E-state index in [-0.39, 0.29) is 0 Å². The van der Waals surface area contributed by atoms with E-state index in [1.165, 1.54) is 82.6 Å². The summed E-state index contributed by atoms with van der Waals surface area (Å²) >= 11 is 0. The summed E-state index contributed by atoms with van der Waals surface area (Å²) in [5.41, 5.74) is 3.13. The quantitative estimate of drug-likeness (QED) is 0.422. The van der Waals surface area contributed by atoms with E-state index in [0.29, 0.717) is 6.10 Å². The third-order valence-corrected chi connectivity index (χ3v) is 6.94. The lowest BCUT2D eigenvalue weighted by molar-refractivity contribution is -0.0159. The molecule has 26 heavy (non-hydrogen) atoms. The number of fused-ring (bicyclic) bond motifs is 1. The summed E-state index contributed by atoms with van der Waals surface area (Å²) in [5, 5.41) is 0. The van der Waals surface area contributed by atoms with Gasteiger partial charge >= 0.3 is 0 Å². The number of ether oxygens (including phenoxy) is 1. The van der Waals surface area contributed by atoms with Crippen LogP contribution in [0.3, 0.4) is 0 Å². The third-order valence-electron chi connectivity index (χ3n) is 6.94. The topological polar surface area (TPSA) is 9.23 Å². The molecule has 0 spiro atoms. The maximum absolute atomic E-state index is 6.14. The molecule has 2 saturated carbocycles. The SMILES string of the molecule is CCCCCc1ccc([C@@H]2CC[C@H]3C[C@@H](OCCCC)CC[C@@H]3C2)cc1. The number of aryl methyl sites for hydroxylation is 1. The molecule has 0 aromatic heterocycles. The van der Waals surface area contributed by atoms with Crippen molar-refractivity contribution < 1.29 is 4.74 Å². The van der Waals surface area contributed by atoms with Gasteiger partial charge in [0.2, 0.25) is 0 Å². The fourth-order valence-electron chi connectivity index (χ4n) is 5.23. The summed E-state index contributed by atoms with van der Waals surface area (Å²) in [7, 11) is 0. The van der Waals surface area contributed by atoms with Gasteiger partial charge in [0, 0.05) is 6.61 Å². The molecule has 0 amide bonds. The Morgan fingerprint density at radius 2 is 1.54 bits per heavy atom. The van der Waals surface area contributed by atoms with Crippen molar-refractivity contribution in [2.24, 2.45) is 11.8 Å². The molecule has 2 aliphatic carbocycles. The number of rotatable bonds is 9. The van der Waals surface area contributed by atoms with Gasteiger partial charge in [-0.05, 0) is 86.7 Å². The van der Waals surface area contributed by atoms with Crippen molar-refractivity contribution in [3.05, 3.63) is 35.4 Å². The summed E-state index contributed by atoms with van der Waals surface area (Å²) < 4.78 is 6.14. The largest absolute Gasteiger partial charge is 0.378 e. The summed E-state index contributed by atoms with van der Waals surface area (Å²) in [6, 6.07) is 9.67. The van der Waals surface area contributed by atoms with E-state index in [9.17, 15) is 0 Å². The highest BCUT2D eigenvalue weighted by Gasteiger charge is 2.36. The Balaban J connectivity index is 1.47. The van der Waals surface area contributed by atoms with Gasteiger partial charge in [-0.3, -0.25) is 0 Å². The van der Waals surface area contributed by atoms with E-state index in [2.05, 4.69) is 38.1 Å². The highest BCUT2D eigenvalue weighted by Crippen LogP contribution is 2.46. The smallest absolute Gasteiger partial charge is 0.0578 e. The lowest BCUT2D eigenvalue weighted by atomic mass is 9.65. The van der Waals surface area contributed by atoms with E-state index >= 15 is 0 Å². The second-order valence-electron chi connectivity index (χ2n) is 8.89. The molecule has 0 N–H and O–H groups in total. The average molecular weight is 357 g/mol. The first-order chi connectivity index (χ1) is 12.8. The lowest BCUT2D eigenvalue weighted by Crippen LogP contribution is -2.33. The molecule has 0 radical (unpaired) electrons. The number of benzene rings is 1. The van der Waals surface area contributed by atoms with Crippen molar-refractivity contribution in [2.45, 2.75) is 103 Å². The van der Waals surface area contributed by atoms with Gasteiger partial charge in [0.25, 0.3) is 0 Å². The van der Waals surface area contributed by atoms with Gasteiger partial charge in [0.15, 0.2) is 0 Å². The second-order valence-corrected chi connectivity index (χ2v) is 8.89. The molecule has 1 nitrogen and oxygen atoms in total. The van der Waals surface area contributed by atoms with Crippen LogP contribution in [0.4, 0.5) is 0 Å². The Morgan fingerprint density at radius 3 is 2.31 bits per heavy atom. The zero-order chi connectivity index (χ0) is 18.2. The van der Waals surface area contributed by atoms with Crippen molar-refractivity contribution in [1.29, 1.82) is 0 Å². The molecular formula is C25H40O. The van der Waals surface area contributed by atoms with Crippen LogP contribution in [0.1, 0.15) is 102 Å². The minimum Gasteiger partial charge on any atom is -0.378 e. The highest BCUT2D eigenvalue weighted by atomic mass is 16.5. The zero-order valence-corrected chi connectivity index (χ0v) is 17.2. The normalized spacial score (nSPS) is 28.7. The van der Waals surface area contributed by atoms with Crippen LogP contribution >= 0.6 is 0 Å². The molecule has 0 bridgehead atoms.